The highest BCUT2D eigenvalue weighted by atomic mass is 16.2. The molecule has 8 heteroatoms. The van der Waals surface area contributed by atoms with Crippen LogP contribution >= 0.6 is 0 Å². The molecule has 0 unspecified atom stereocenters. The van der Waals surface area contributed by atoms with Crippen molar-refractivity contribution in [3.05, 3.63) is 12.7 Å². The number of imidazole rings is 1. The van der Waals surface area contributed by atoms with Crippen molar-refractivity contribution in [2.45, 2.75) is 12.8 Å². The molecular formula is C16H23N7O. The van der Waals surface area contributed by atoms with Crippen LogP contribution in [0, 0.1) is 5.92 Å². The molecule has 1 N–H and O–H groups in total. The Hall–Kier alpha value is -2.22. The van der Waals surface area contributed by atoms with E-state index in [1.807, 2.05) is 16.8 Å². The molecule has 0 radical (unpaired) electrons. The number of carbonyl (C=O) groups is 1. The molecule has 3 heterocycles. The first kappa shape index (κ1) is 15.3. The lowest BCUT2D eigenvalue weighted by molar-refractivity contribution is -0.131. The number of fused-ring (bicyclic) bond motifs is 1. The van der Waals surface area contributed by atoms with E-state index in [1.165, 1.54) is 25.7 Å². The highest BCUT2D eigenvalue weighted by Gasteiger charge is 2.28. The zero-order valence-corrected chi connectivity index (χ0v) is 14.0. The first-order chi connectivity index (χ1) is 11.7. The van der Waals surface area contributed by atoms with Crippen molar-refractivity contribution in [3.63, 3.8) is 0 Å². The van der Waals surface area contributed by atoms with E-state index >= 15 is 0 Å². The van der Waals surface area contributed by atoms with Crippen LogP contribution in [-0.4, -0.2) is 82.0 Å². The number of H-pyrrole nitrogens is 1. The molecule has 0 aromatic carbocycles. The van der Waals surface area contributed by atoms with Crippen molar-refractivity contribution >= 4 is 22.9 Å². The van der Waals surface area contributed by atoms with Gasteiger partial charge in [0.2, 0.25) is 5.91 Å². The van der Waals surface area contributed by atoms with Gasteiger partial charge in [0, 0.05) is 39.8 Å². The fraction of sp³-hybridized carbons (Fsp3) is 0.625. The lowest BCUT2D eigenvalue weighted by Gasteiger charge is -2.35. The van der Waals surface area contributed by atoms with Gasteiger partial charge in [-0.1, -0.05) is 0 Å². The third kappa shape index (κ3) is 3.19. The Morgan fingerprint density at radius 1 is 1.25 bits per heavy atom. The van der Waals surface area contributed by atoms with Crippen LogP contribution in [-0.2, 0) is 4.79 Å². The number of likely N-dealkylation sites (N-methyl/N-ethyl adjacent to an activating group) is 1. The number of hydrogen-bond acceptors (Lipinski definition) is 6. The average molecular weight is 329 g/mol. The Labute approximate surface area is 140 Å². The number of piperazine rings is 1. The summed E-state index contributed by atoms with van der Waals surface area (Å²) in [5, 5.41) is 0. The highest BCUT2D eigenvalue weighted by Crippen LogP contribution is 2.29. The van der Waals surface area contributed by atoms with Gasteiger partial charge in [-0.05, 0) is 18.8 Å². The van der Waals surface area contributed by atoms with Gasteiger partial charge in [0.25, 0.3) is 0 Å². The maximum atomic E-state index is 12.6. The van der Waals surface area contributed by atoms with E-state index in [0.717, 1.165) is 37.6 Å². The van der Waals surface area contributed by atoms with Crippen LogP contribution in [0.1, 0.15) is 12.8 Å². The molecule has 1 amide bonds. The number of aromatic amines is 1. The minimum Gasteiger partial charge on any atom is -0.348 e. The molecule has 2 fully saturated rings. The second-order valence-electron chi connectivity index (χ2n) is 6.78. The third-order valence-electron chi connectivity index (χ3n) is 4.88. The average Bonchev–Trinajstić information content (AvgIpc) is 3.27. The molecular weight excluding hydrogens is 306 g/mol. The molecule has 0 atom stereocenters. The fourth-order valence-electron chi connectivity index (χ4n) is 3.26. The van der Waals surface area contributed by atoms with E-state index in [0.29, 0.717) is 18.0 Å². The highest BCUT2D eigenvalue weighted by molar-refractivity contribution is 5.87. The Bertz CT molecular complexity index is 718. The molecule has 2 aliphatic rings. The molecule has 1 saturated heterocycles. The number of hydrogen-bond donors (Lipinski definition) is 1. The maximum absolute atomic E-state index is 12.6. The molecule has 0 bridgehead atoms. The number of rotatable bonds is 5. The zero-order chi connectivity index (χ0) is 16.5. The molecule has 8 nitrogen and oxygen atoms in total. The predicted molar refractivity (Wildman–Crippen MR) is 90.7 cm³/mol. The number of carbonyl (C=O) groups excluding carboxylic acids is 1. The van der Waals surface area contributed by atoms with Crippen molar-refractivity contribution in [3.8, 4) is 0 Å². The molecule has 0 spiro atoms. The van der Waals surface area contributed by atoms with Crippen LogP contribution in [0.5, 0.6) is 0 Å². The predicted octanol–water partition coefficient (Wildman–Crippen LogP) is 0.343. The molecule has 1 saturated carbocycles. The van der Waals surface area contributed by atoms with Gasteiger partial charge in [0.15, 0.2) is 11.5 Å². The molecule has 1 aliphatic heterocycles. The minimum absolute atomic E-state index is 0.148. The number of aromatic nitrogens is 4. The van der Waals surface area contributed by atoms with Crippen LogP contribution in [0.15, 0.2) is 12.7 Å². The summed E-state index contributed by atoms with van der Waals surface area (Å²) < 4.78 is 0. The fourth-order valence-corrected chi connectivity index (χ4v) is 3.26. The van der Waals surface area contributed by atoms with Crippen LogP contribution in [0.3, 0.4) is 0 Å². The van der Waals surface area contributed by atoms with Crippen LogP contribution in [0.4, 0.5) is 5.82 Å². The van der Waals surface area contributed by atoms with Gasteiger partial charge < -0.3 is 14.8 Å². The van der Waals surface area contributed by atoms with Crippen molar-refractivity contribution in [1.82, 2.24) is 29.7 Å². The van der Waals surface area contributed by atoms with Crippen LogP contribution < -0.4 is 4.90 Å². The molecule has 2 aromatic heterocycles. The standard InChI is InChI=1S/C16H23N7O/c1-21(16-14-15(18-10-17-14)19-11-20-16)9-13(24)23-6-4-22(5-7-23)8-12-2-3-12/h10-12H,2-9H2,1H3,(H,17,18,19,20). The first-order valence-electron chi connectivity index (χ1n) is 8.56. The van der Waals surface area contributed by atoms with Gasteiger partial charge in [-0.15, -0.1) is 0 Å². The van der Waals surface area contributed by atoms with Crippen molar-refractivity contribution < 1.29 is 4.79 Å². The van der Waals surface area contributed by atoms with E-state index in [2.05, 4.69) is 24.8 Å². The van der Waals surface area contributed by atoms with Gasteiger partial charge >= 0.3 is 0 Å². The SMILES string of the molecule is CN(CC(=O)N1CCN(CC2CC2)CC1)c1ncnc2nc[nH]c12. The van der Waals surface area contributed by atoms with Gasteiger partial charge in [0.1, 0.15) is 11.8 Å². The summed E-state index contributed by atoms with van der Waals surface area (Å²) in [5.74, 6) is 1.76. The monoisotopic (exact) mass is 329 g/mol. The van der Waals surface area contributed by atoms with Crippen LogP contribution in [0.25, 0.3) is 11.2 Å². The summed E-state index contributed by atoms with van der Waals surface area (Å²) >= 11 is 0. The summed E-state index contributed by atoms with van der Waals surface area (Å²) in [7, 11) is 1.88. The molecule has 128 valence electrons. The van der Waals surface area contributed by atoms with Gasteiger partial charge in [0.05, 0.1) is 12.9 Å². The summed E-state index contributed by atoms with van der Waals surface area (Å²) in [6.07, 6.45) is 5.84. The number of anilines is 1. The van der Waals surface area contributed by atoms with Gasteiger partial charge in [-0.3, -0.25) is 9.69 Å². The number of amides is 1. The largest absolute Gasteiger partial charge is 0.348 e. The molecule has 4 rings (SSSR count). The van der Waals surface area contributed by atoms with E-state index < -0.39 is 0 Å². The Morgan fingerprint density at radius 2 is 2.04 bits per heavy atom. The summed E-state index contributed by atoms with van der Waals surface area (Å²) in [4.78, 5) is 34.5. The normalized spacial score (nSPS) is 19.0. The van der Waals surface area contributed by atoms with E-state index in [4.69, 9.17) is 0 Å². The zero-order valence-electron chi connectivity index (χ0n) is 14.0. The number of nitrogens with one attached hydrogen (secondary N) is 1. The smallest absolute Gasteiger partial charge is 0.242 e. The lowest BCUT2D eigenvalue weighted by atomic mass is 10.2. The second kappa shape index (κ2) is 6.35. The van der Waals surface area contributed by atoms with E-state index in [1.54, 1.807) is 6.33 Å². The van der Waals surface area contributed by atoms with Crippen LogP contribution in [0.2, 0.25) is 0 Å². The third-order valence-corrected chi connectivity index (χ3v) is 4.88. The van der Waals surface area contributed by atoms with Gasteiger partial charge in [-0.25, -0.2) is 15.0 Å². The van der Waals surface area contributed by atoms with Gasteiger partial charge in [-0.2, -0.15) is 0 Å². The number of nitrogens with zero attached hydrogens (tertiary/aromatic N) is 6. The first-order valence-corrected chi connectivity index (χ1v) is 8.56. The molecule has 24 heavy (non-hydrogen) atoms. The summed E-state index contributed by atoms with van der Waals surface area (Å²) in [6, 6.07) is 0. The van der Waals surface area contributed by atoms with Crippen molar-refractivity contribution in [1.29, 1.82) is 0 Å². The topological polar surface area (TPSA) is 81.2 Å². The maximum Gasteiger partial charge on any atom is 0.242 e. The second-order valence-corrected chi connectivity index (χ2v) is 6.78. The Balaban J connectivity index is 1.34. The molecule has 1 aliphatic carbocycles. The quantitative estimate of drug-likeness (QED) is 0.852. The Morgan fingerprint density at radius 3 is 2.79 bits per heavy atom. The summed E-state index contributed by atoms with van der Waals surface area (Å²) in [6.45, 7) is 5.15. The molecule has 2 aromatic rings. The Kier molecular flexibility index (Phi) is 4.05. The van der Waals surface area contributed by atoms with E-state index in [9.17, 15) is 4.79 Å². The van der Waals surface area contributed by atoms with Crippen molar-refractivity contribution in [2.24, 2.45) is 5.92 Å². The minimum atomic E-state index is 0.148. The van der Waals surface area contributed by atoms with E-state index in [-0.39, 0.29) is 5.91 Å². The van der Waals surface area contributed by atoms with Crippen molar-refractivity contribution in [2.75, 3.05) is 51.2 Å². The lowest BCUT2D eigenvalue weighted by Crippen LogP contribution is -2.51. The summed E-state index contributed by atoms with van der Waals surface area (Å²) in [5.41, 5.74) is 1.38.